The van der Waals surface area contributed by atoms with Crippen molar-refractivity contribution in [2.75, 3.05) is 10.6 Å². The topological polar surface area (TPSA) is 56.9 Å². The number of anilines is 2. The highest BCUT2D eigenvalue weighted by molar-refractivity contribution is 6.01. The van der Waals surface area contributed by atoms with Gasteiger partial charge in [0.1, 0.15) is 0 Å². The third-order valence-corrected chi connectivity index (χ3v) is 4.65. The Morgan fingerprint density at radius 1 is 1.04 bits per heavy atom. The number of rotatable bonds is 1. The molecule has 1 atom stereocenters. The number of hydrogen-bond acceptors (Lipinski definition) is 3. The molecule has 118 valence electrons. The summed E-state index contributed by atoms with van der Waals surface area (Å²) in [6, 6.07) is 12.0. The molecule has 1 aromatic carbocycles. The van der Waals surface area contributed by atoms with E-state index in [0.29, 0.717) is 6.42 Å². The van der Waals surface area contributed by atoms with E-state index in [0.717, 1.165) is 34.8 Å². The maximum Gasteiger partial charge on any atom is 0.163 e. The number of carbonyl (C=O) groups excluding carboxylic acids is 1. The van der Waals surface area contributed by atoms with Gasteiger partial charge in [0.15, 0.2) is 5.78 Å². The Morgan fingerprint density at radius 2 is 1.83 bits per heavy atom. The fourth-order valence-corrected chi connectivity index (χ4v) is 3.65. The molecule has 2 heterocycles. The molecule has 0 saturated carbocycles. The number of fused-ring (bicyclic) bond motifs is 1. The zero-order valence-electron chi connectivity index (χ0n) is 13.4. The predicted molar refractivity (Wildman–Crippen MR) is 92.3 cm³/mol. The highest BCUT2D eigenvalue weighted by Crippen LogP contribution is 2.44. The van der Waals surface area contributed by atoms with E-state index < -0.39 is 0 Å². The average molecular weight is 307 g/mol. The van der Waals surface area contributed by atoms with E-state index in [1.165, 1.54) is 0 Å². The molecule has 3 N–H and O–H groups in total. The molecule has 0 radical (unpaired) electrons. The number of carbonyl (C=O) groups is 1. The van der Waals surface area contributed by atoms with Crippen molar-refractivity contribution in [3.8, 4) is 0 Å². The van der Waals surface area contributed by atoms with E-state index in [2.05, 4.69) is 35.5 Å². The Bertz CT molecular complexity index is 787. The van der Waals surface area contributed by atoms with Crippen LogP contribution in [0.1, 0.15) is 38.4 Å². The summed E-state index contributed by atoms with van der Waals surface area (Å²) >= 11 is 0. The van der Waals surface area contributed by atoms with Crippen LogP contribution in [0.3, 0.4) is 0 Å². The lowest BCUT2D eigenvalue weighted by molar-refractivity contribution is -0.118. The number of H-pyrrole nitrogens is 1. The van der Waals surface area contributed by atoms with Crippen molar-refractivity contribution < 1.29 is 4.79 Å². The third-order valence-electron chi connectivity index (χ3n) is 4.65. The van der Waals surface area contributed by atoms with Crippen LogP contribution in [0.25, 0.3) is 0 Å². The van der Waals surface area contributed by atoms with Gasteiger partial charge in [0.25, 0.3) is 0 Å². The highest BCUT2D eigenvalue weighted by atomic mass is 16.1. The van der Waals surface area contributed by atoms with E-state index in [-0.39, 0.29) is 17.2 Å². The van der Waals surface area contributed by atoms with Crippen molar-refractivity contribution >= 4 is 17.2 Å². The first-order valence-electron chi connectivity index (χ1n) is 8.06. The molecule has 23 heavy (non-hydrogen) atoms. The molecule has 4 heteroatoms. The van der Waals surface area contributed by atoms with Gasteiger partial charge in [-0.05, 0) is 36.1 Å². The van der Waals surface area contributed by atoms with Gasteiger partial charge in [-0.15, -0.1) is 0 Å². The summed E-state index contributed by atoms with van der Waals surface area (Å²) in [6.45, 7) is 4.31. The van der Waals surface area contributed by atoms with Gasteiger partial charge in [0.2, 0.25) is 0 Å². The SMILES string of the molecule is CC1(C)CC(=O)C2=C(C1)Nc1ccccc1N[C@H]2c1ccc[nH]1. The number of para-hydroxylation sites is 2. The highest BCUT2D eigenvalue weighted by Gasteiger charge is 2.38. The number of ketones is 1. The minimum atomic E-state index is -0.139. The van der Waals surface area contributed by atoms with E-state index in [4.69, 9.17) is 0 Å². The van der Waals surface area contributed by atoms with Crippen molar-refractivity contribution in [3.05, 3.63) is 59.6 Å². The Labute approximate surface area is 136 Å². The average Bonchev–Trinajstić information content (AvgIpc) is 2.95. The number of hydrogen-bond donors (Lipinski definition) is 3. The van der Waals surface area contributed by atoms with Gasteiger partial charge >= 0.3 is 0 Å². The molecule has 4 rings (SSSR count). The van der Waals surface area contributed by atoms with E-state index in [1.54, 1.807) is 0 Å². The van der Waals surface area contributed by atoms with Crippen LogP contribution in [0.2, 0.25) is 0 Å². The summed E-state index contributed by atoms with van der Waals surface area (Å²) in [5, 5.41) is 7.07. The van der Waals surface area contributed by atoms with Gasteiger partial charge in [-0.2, -0.15) is 0 Å². The lowest BCUT2D eigenvalue weighted by Gasteiger charge is -2.33. The molecule has 0 fully saturated rings. The van der Waals surface area contributed by atoms with E-state index in [9.17, 15) is 4.79 Å². The van der Waals surface area contributed by atoms with Crippen LogP contribution in [-0.4, -0.2) is 10.8 Å². The van der Waals surface area contributed by atoms with Crippen LogP contribution in [0, 0.1) is 5.41 Å². The minimum Gasteiger partial charge on any atom is -0.371 e. The van der Waals surface area contributed by atoms with Crippen LogP contribution in [0.15, 0.2) is 53.9 Å². The zero-order valence-corrected chi connectivity index (χ0v) is 13.4. The number of aromatic nitrogens is 1. The maximum atomic E-state index is 12.9. The second-order valence-corrected chi connectivity index (χ2v) is 7.21. The second-order valence-electron chi connectivity index (χ2n) is 7.21. The smallest absolute Gasteiger partial charge is 0.163 e. The van der Waals surface area contributed by atoms with E-state index >= 15 is 0 Å². The molecule has 0 amide bonds. The molecule has 4 nitrogen and oxygen atoms in total. The fraction of sp³-hybridized carbons (Fsp3) is 0.316. The number of allylic oxidation sites excluding steroid dienone is 1. The minimum absolute atomic E-state index is 0.0114. The number of benzene rings is 1. The van der Waals surface area contributed by atoms with Gasteiger partial charge in [-0.3, -0.25) is 4.79 Å². The summed E-state index contributed by atoms with van der Waals surface area (Å²) < 4.78 is 0. The maximum absolute atomic E-state index is 12.9. The molecule has 1 aromatic heterocycles. The lowest BCUT2D eigenvalue weighted by atomic mass is 9.74. The second kappa shape index (κ2) is 5.01. The van der Waals surface area contributed by atoms with Gasteiger partial charge in [0.05, 0.1) is 17.4 Å². The molecular weight excluding hydrogens is 286 g/mol. The molecule has 2 aliphatic rings. The zero-order chi connectivity index (χ0) is 16.0. The van der Waals surface area contributed by atoms with Crippen LogP contribution in [0.4, 0.5) is 11.4 Å². The van der Waals surface area contributed by atoms with Crippen molar-refractivity contribution in [2.45, 2.75) is 32.7 Å². The molecule has 0 unspecified atom stereocenters. The fourth-order valence-electron chi connectivity index (χ4n) is 3.65. The Kier molecular flexibility index (Phi) is 3.08. The first kappa shape index (κ1) is 14.1. The molecular formula is C19H21N3O. The van der Waals surface area contributed by atoms with Crippen LogP contribution >= 0.6 is 0 Å². The first-order valence-corrected chi connectivity index (χ1v) is 8.06. The molecule has 2 aromatic rings. The van der Waals surface area contributed by atoms with Gasteiger partial charge < -0.3 is 15.6 Å². The van der Waals surface area contributed by atoms with Crippen molar-refractivity contribution in [1.82, 2.24) is 4.98 Å². The Hall–Kier alpha value is -2.49. The summed E-state index contributed by atoms with van der Waals surface area (Å²) in [5.74, 6) is 0.226. The van der Waals surface area contributed by atoms with Gasteiger partial charge in [-0.25, -0.2) is 0 Å². The summed E-state index contributed by atoms with van der Waals surface area (Å²) in [4.78, 5) is 16.2. The molecule has 1 aliphatic heterocycles. The lowest BCUT2D eigenvalue weighted by Crippen LogP contribution is -2.31. The third kappa shape index (κ3) is 2.44. The van der Waals surface area contributed by atoms with Crippen LogP contribution in [-0.2, 0) is 4.79 Å². The number of aromatic amines is 1. The normalized spacial score (nSPS) is 22.5. The van der Waals surface area contributed by atoms with Crippen molar-refractivity contribution in [2.24, 2.45) is 5.41 Å². The standard InChI is InChI=1S/C19H21N3O/c1-19(2)10-15-17(16(23)11-19)18(14-8-5-9-20-14)22-13-7-4-3-6-12(13)21-15/h3-9,18,20-22H,10-11H2,1-2H3/t18-/m0/s1. The monoisotopic (exact) mass is 307 g/mol. The Morgan fingerprint density at radius 3 is 2.57 bits per heavy atom. The van der Waals surface area contributed by atoms with Crippen LogP contribution in [0.5, 0.6) is 0 Å². The van der Waals surface area contributed by atoms with Crippen molar-refractivity contribution in [3.63, 3.8) is 0 Å². The molecule has 0 saturated heterocycles. The summed E-state index contributed by atoms with van der Waals surface area (Å²) in [6.07, 6.45) is 3.36. The summed E-state index contributed by atoms with van der Waals surface area (Å²) in [7, 11) is 0. The van der Waals surface area contributed by atoms with Crippen LogP contribution < -0.4 is 10.6 Å². The first-order chi connectivity index (χ1) is 11.0. The summed E-state index contributed by atoms with van der Waals surface area (Å²) in [5.41, 5.74) is 4.96. The number of nitrogens with one attached hydrogen (secondary N) is 3. The quantitative estimate of drug-likeness (QED) is 0.738. The van der Waals surface area contributed by atoms with Gasteiger partial charge in [0, 0.05) is 29.6 Å². The van der Waals surface area contributed by atoms with Crippen molar-refractivity contribution in [1.29, 1.82) is 0 Å². The van der Waals surface area contributed by atoms with Gasteiger partial charge in [-0.1, -0.05) is 26.0 Å². The Balaban J connectivity index is 1.88. The predicted octanol–water partition coefficient (Wildman–Crippen LogP) is 4.24. The number of Topliss-reactive ketones (excluding diaryl/α,β-unsaturated/α-hetero) is 1. The molecule has 0 spiro atoms. The van der Waals surface area contributed by atoms with E-state index in [1.807, 2.05) is 36.5 Å². The largest absolute Gasteiger partial charge is 0.371 e. The molecule has 1 aliphatic carbocycles. The molecule has 0 bridgehead atoms.